The Kier molecular flexibility index (Phi) is 42.6. The first-order valence-electron chi connectivity index (χ1n) is 22.0. The zero-order valence-corrected chi connectivity index (χ0v) is 37.1. The summed E-state index contributed by atoms with van der Waals surface area (Å²) in [7, 11) is -4.31. The van der Waals surface area contributed by atoms with Gasteiger partial charge in [-0.3, -0.25) is 13.8 Å². The molecule has 2 unspecified atom stereocenters. The van der Waals surface area contributed by atoms with Crippen LogP contribution in [0.1, 0.15) is 142 Å². The van der Waals surface area contributed by atoms with E-state index in [1.54, 1.807) is 0 Å². The van der Waals surface area contributed by atoms with Gasteiger partial charge in [0.15, 0.2) is 0 Å². The maximum atomic E-state index is 12.6. The number of phosphoric acid groups is 1. The second kappa shape index (κ2) is 45.0. The minimum absolute atomic E-state index is 0.0486. The van der Waals surface area contributed by atoms with Crippen LogP contribution in [0.3, 0.4) is 0 Å². The highest BCUT2D eigenvalue weighted by molar-refractivity contribution is 7.47. The van der Waals surface area contributed by atoms with E-state index < -0.39 is 13.9 Å². The molecule has 0 aliphatic carbocycles. The molecule has 58 heavy (non-hydrogen) atoms. The molecule has 0 rings (SSSR count). The third kappa shape index (κ3) is 44.0. The fourth-order valence-electron chi connectivity index (χ4n) is 5.26. The number of esters is 1. The molecule has 0 radical (unpaired) electrons. The van der Waals surface area contributed by atoms with Crippen molar-refractivity contribution in [2.75, 3.05) is 33.0 Å². The second-order valence-corrected chi connectivity index (χ2v) is 15.2. The summed E-state index contributed by atoms with van der Waals surface area (Å²) in [5.41, 5.74) is 5.36. The monoisotopic (exact) mass is 826 g/mol. The highest BCUT2D eigenvalue weighted by atomic mass is 31.2. The van der Waals surface area contributed by atoms with E-state index in [2.05, 4.69) is 129 Å². The normalized spacial score (nSPS) is 14.6. The number of carbonyl (C=O) groups excluding carboxylic acids is 1. The summed E-state index contributed by atoms with van der Waals surface area (Å²) in [6.45, 7) is 4.41. The first kappa shape index (κ1) is 54.9. The van der Waals surface area contributed by atoms with Crippen LogP contribution in [0.15, 0.2) is 122 Å². The van der Waals surface area contributed by atoms with Crippen molar-refractivity contribution in [2.24, 2.45) is 5.73 Å². The maximum absolute atomic E-state index is 12.6. The topological polar surface area (TPSA) is 117 Å². The lowest BCUT2D eigenvalue weighted by atomic mass is 10.1. The van der Waals surface area contributed by atoms with Gasteiger partial charge in [0, 0.05) is 13.0 Å². The summed E-state index contributed by atoms with van der Waals surface area (Å²) in [5, 5.41) is 0. The number of hydrogen-bond acceptors (Lipinski definition) is 7. The highest BCUT2D eigenvalue weighted by Gasteiger charge is 2.25. The van der Waals surface area contributed by atoms with E-state index in [1.807, 2.05) is 6.08 Å². The molecule has 0 amide bonds. The Balaban J connectivity index is 4.17. The molecular weight excluding hydrogens is 746 g/mol. The van der Waals surface area contributed by atoms with Crippen LogP contribution in [0.25, 0.3) is 0 Å². The van der Waals surface area contributed by atoms with Crippen molar-refractivity contribution in [3.05, 3.63) is 122 Å². The van der Waals surface area contributed by atoms with Gasteiger partial charge in [0.1, 0.15) is 6.10 Å². The Morgan fingerprint density at radius 2 is 0.914 bits per heavy atom. The predicted molar refractivity (Wildman–Crippen MR) is 247 cm³/mol. The fourth-order valence-corrected chi connectivity index (χ4v) is 6.03. The Labute approximate surface area is 354 Å². The number of rotatable bonds is 40. The highest BCUT2D eigenvalue weighted by Crippen LogP contribution is 2.43. The van der Waals surface area contributed by atoms with Gasteiger partial charge in [-0.15, -0.1) is 0 Å². The minimum Gasteiger partial charge on any atom is -0.457 e. The lowest BCUT2D eigenvalue weighted by Crippen LogP contribution is -2.28. The number of allylic oxidation sites excluding steroid dienone is 19. The molecule has 0 saturated heterocycles. The summed E-state index contributed by atoms with van der Waals surface area (Å²) in [4.78, 5) is 22.5. The molecule has 328 valence electrons. The fraction of sp³-hybridized carbons (Fsp3) is 0.571. The van der Waals surface area contributed by atoms with Crippen LogP contribution in [0.5, 0.6) is 0 Å². The SMILES string of the molecule is CC/C=C\C/C=C\C/C=C\C/C=C\C/C=C\CCCCCCCCCC(=O)OC(COCC/C=C\C/C=C\C/C=C\C/C=C\C/C=C\CC)COP(=O)(O)OCCN. The number of phosphoric ester groups is 1. The van der Waals surface area contributed by atoms with Gasteiger partial charge < -0.3 is 20.1 Å². The molecule has 3 N–H and O–H groups in total. The van der Waals surface area contributed by atoms with E-state index in [0.717, 1.165) is 96.3 Å². The minimum atomic E-state index is -4.31. The van der Waals surface area contributed by atoms with E-state index in [9.17, 15) is 14.3 Å². The van der Waals surface area contributed by atoms with Crippen molar-refractivity contribution in [1.82, 2.24) is 0 Å². The van der Waals surface area contributed by atoms with Crippen LogP contribution in [0.2, 0.25) is 0 Å². The van der Waals surface area contributed by atoms with Gasteiger partial charge >= 0.3 is 13.8 Å². The summed E-state index contributed by atoms with van der Waals surface area (Å²) in [6, 6.07) is 0. The average molecular weight is 826 g/mol. The third-order valence-electron chi connectivity index (χ3n) is 8.39. The first-order valence-corrected chi connectivity index (χ1v) is 23.5. The van der Waals surface area contributed by atoms with Gasteiger partial charge in [0.05, 0.1) is 26.4 Å². The van der Waals surface area contributed by atoms with Crippen molar-refractivity contribution >= 4 is 13.8 Å². The van der Waals surface area contributed by atoms with Gasteiger partial charge in [-0.1, -0.05) is 167 Å². The van der Waals surface area contributed by atoms with Crippen LogP contribution in [-0.4, -0.2) is 49.9 Å². The molecule has 8 nitrogen and oxygen atoms in total. The molecule has 0 aromatic rings. The summed E-state index contributed by atoms with van der Waals surface area (Å²) >= 11 is 0. The summed E-state index contributed by atoms with van der Waals surface area (Å²) in [5.74, 6) is -0.372. The Morgan fingerprint density at radius 1 is 0.517 bits per heavy atom. The first-order chi connectivity index (χ1) is 28.4. The van der Waals surface area contributed by atoms with E-state index in [0.29, 0.717) is 13.0 Å². The molecule has 0 aliphatic rings. The van der Waals surface area contributed by atoms with E-state index >= 15 is 0 Å². The second-order valence-electron chi connectivity index (χ2n) is 13.8. The van der Waals surface area contributed by atoms with Crippen LogP contribution in [0, 0.1) is 0 Å². The Bertz CT molecular complexity index is 1290. The average Bonchev–Trinajstić information content (AvgIpc) is 3.21. The van der Waals surface area contributed by atoms with Gasteiger partial charge in [-0.05, 0) is 89.9 Å². The zero-order valence-electron chi connectivity index (χ0n) is 36.2. The quantitative estimate of drug-likeness (QED) is 0.0271. The van der Waals surface area contributed by atoms with Crippen molar-refractivity contribution in [2.45, 2.75) is 148 Å². The zero-order chi connectivity index (χ0) is 42.3. The molecule has 9 heteroatoms. The van der Waals surface area contributed by atoms with E-state index in [1.165, 1.54) is 19.3 Å². The number of unbranched alkanes of at least 4 members (excludes halogenated alkanes) is 7. The van der Waals surface area contributed by atoms with Crippen LogP contribution in [-0.2, 0) is 27.9 Å². The number of hydrogen-bond donors (Lipinski definition) is 2. The van der Waals surface area contributed by atoms with Gasteiger partial charge in [-0.2, -0.15) is 0 Å². The Morgan fingerprint density at radius 3 is 1.36 bits per heavy atom. The smallest absolute Gasteiger partial charge is 0.457 e. The van der Waals surface area contributed by atoms with E-state index in [-0.39, 0.29) is 38.8 Å². The lowest BCUT2D eigenvalue weighted by molar-refractivity contribution is -0.154. The molecule has 0 heterocycles. The Hall–Kier alpha value is -3.10. The summed E-state index contributed by atoms with van der Waals surface area (Å²) in [6.07, 6.45) is 62.4. The molecule has 0 spiro atoms. The molecule has 2 atom stereocenters. The van der Waals surface area contributed by atoms with Gasteiger partial charge in [0.25, 0.3) is 0 Å². The molecule has 0 fully saturated rings. The molecule has 0 aromatic heterocycles. The number of nitrogens with two attached hydrogens (primary N) is 1. The van der Waals surface area contributed by atoms with Crippen molar-refractivity contribution < 1.29 is 32.8 Å². The third-order valence-corrected chi connectivity index (χ3v) is 9.38. The molecule has 0 saturated carbocycles. The van der Waals surface area contributed by atoms with E-state index in [4.69, 9.17) is 24.3 Å². The standard InChI is InChI=1S/C49H80NO7P/c1-3-5-7-9-11-13-15-17-19-21-22-23-24-25-26-27-28-30-32-34-36-38-40-42-49(51)57-48(47-56-58(52,53)55-45-43-50)46-54-44-41-39-37-35-33-31-29-20-18-16-14-12-10-8-6-4-2/h5-8,11-14,17-20,22-23,25-26,31,33,37,39,48H,3-4,9-10,15-16,21,24,27-30,32,34-36,38,40-47,50H2,1-2H3,(H,52,53)/b7-5-,8-6-,13-11-,14-12-,19-17-,20-18-,23-22-,26-25-,33-31-,39-37-. The summed E-state index contributed by atoms with van der Waals surface area (Å²) < 4.78 is 33.3. The number of ether oxygens (including phenoxy) is 2. The van der Waals surface area contributed by atoms with Gasteiger partial charge in [0.2, 0.25) is 0 Å². The van der Waals surface area contributed by atoms with Gasteiger partial charge in [-0.25, -0.2) is 4.57 Å². The predicted octanol–water partition coefficient (Wildman–Crippen LogP) is 13.4. The molecular formula is C49H80NO7P. The maximum Gasteiger partial charge on any atom is 0.472 e. The van der Waals surface area contributed by atoms with Crippen molar-refractivity contribution in [3.63, 3.8) is 0 Å². The number of carbonyl (C=O) groups is 1. The molecule has 0 aliphatic heterocycles. The van der Waals surface area contributed by atoms with Crippen LogP contribution in [0.4, 0.5) is 0 Å². The van der Waals surface area contributed by atoms with Crippen LogP contribution >= 0.6 is 7.82 Å². The van der Waals surface area contributed by atoms with Crippen molar-refractivity contribution in [3.8, 4) is 0 Å². The largest absolute Gasteiger partial charge is 0.472 e. The van der Waals surface area contributed by atoms with Crippen molar-refractivity contribution in [1.29, 1.82) is 0 Å². The van der Waals surface area contributed by atoms with Crippen LogP contribution < -0.4 is 5.73 Å². The molecule has 0 aromatic carbocycles. The molecule has 0 bridgehead atoms. The lowest BCUT2D eigenvalue weighted by Gasteiger charge is -2.19.